The molecule has 1 fully saturated rings. The molecule has 0 saturated heterocycles. The molecule has 1 saturated carbocycles. The lowest BCUT2D eigenvalue weighted by Crippen LogP contribution is -2.37. The van der Waals surface area contributed by atoms with E-state index in [1.165, 1.54) is 26.0 Å². The van der Waals surface area contributed by atoms with Gasteiger partial charge in [0.05, 0.1) is 24.9 Å². The molecule has 182 valence electrons. The highest BCUT2D eigenvalue weighted by atomic mass is 19.4. The van der Waals surface area contributed by atoms with Crippen molar-refractivity contribution in [1.29, 1.82) is 0 Å². The molecule has 0 spiro atoms. The lowest BCUT2D eigenvalue weighted by molar-refractivity contribution is -0.163. The van der Waals surface area contributed by atoms with Gasteiger partial charge in [0.25, 0.3) is 0 Å². The summed E-state index contributed by atoms with van der Waals surface area (Å²) in [4.78, 5) is 15.6. The molecule has 1 aromatic carbocycles. The lowest BCUT2D eigenvalue weighted by atomic mass is 9.87. The third kappa shape index (κ3) is 6.57. The summed E-state index contributed by atoms with van der Waals surface area (Å²) in [6.45, 7) is 5.50. The second kappa shape index (κ2) is 10.3. The topological polar surface area (TPSA) is 81.8 Å². The lowest BCUT2D eigenvalue weighted by Gasteiger charge is -2.31. The first-order valence-electron chi connectivity index (χ1n) is 11.1. The first-order chi connectivity index (χ1) is 15.5. The number of aromatic nitrogens is 1. The van der Waals surface area contributed by atoms with Gasteiger partial charge in [0.15, 0.2) is 5.60 Å². The zero-order valence-corrected chi connectivity index (χ0v) is 19.1. The molecule has 33 heavy (non-hydrogen) atoms. The molecular formula is C24H30F3NO5. The number of carbonyl (C=O) groups is 1. The number of alkyl halides is 3. The van der Waals surface area contributed by atoms with Crippen LogP contribution in [0.1, 0.15) is 63.5 Å². The van der Waals surface area contributed by atoms with Crippen molar-refractivity contribution in [2.75, 3.05) is 6.61 Å². The van der Waals surface area contributed by atoms with Crippen LogP contribution in [0.4, 0.5) is 13.2 Å². The number of benzene rings is 1. The maximum Gasteiger partial charge on any atom is 0.416 e. The second-order valence-electron chi connectivity index (χ2n) is 8.91. The van der Waals surface area contributed by atoms with Crippen molar-refractivity contribution >= 4 is 5.97 Å². The van der Waals surface area contributed by atoms with Crippen molar-refractivity contribution in [3.05, 3.63) is 41.3 Å². The number of carboxylic acid groups (broad SMARTS) is 1. The Morgan fingerprint density at radius 2 is 2.03 bits per heavy atom. The quantitative estimate of drug-likeness (QED) is 0.494. The van der Waals surface area contributed by atoms with Gasteiger partial charge in [-0.15, -0.1) is 0 Å². The van der Waals surface area contributed by atoms with Crippen molar-refractivity contribution in [3.63, 3.8) is 0 Å². The van der Waals surface area contributed by atoms with E-state index in [1.54, 1.807) is 0 Å². The highest BCUT2D eigenvalue weighted by Gasteiger charge is 2.32. The van der Waals surface area contributed by atoms with E-state index in [0.29, 0.717) is 24.5 Å². The minimum absolute atomic E-state index is 0.0290. The number of carboxylic acids is 1. The van der Waals surface area contributed by atoms with E-state index in [1.807, 2.05) is 6.92 Å². The van der Waals surface area contributed by atoms with E-state index >= 15 is 0 Å². The number of rotatable bonds is 9. The Morgan fingerprint density at radius 3 is 2.70 bits per heavy atom. The molecule has 2 aromatic rings. The highest BCUT2D eigenvalue weighted by molar-refractivity contribution is 5.76. The van der Waals surface area contributed by atoms with Gasteiger partial charge in [-0.25, -0.2) is 9.78 Å². The highest BCUT2D eigenvalue weighted by Crippen LogP contribution is 2.33. The number of halogens is 3. The molecular weight excluding hydrogens is 439 g/mol. The largest absolute Gasteiger partial charge is 0.479 e. The molecule has 3 rings (SSSR count). The van der Waals surface area contributed by atoms with E-state index in [4.69, 9.17) is 13.9 Å². The maximum absolute atomic E-state index is 13.0. The predicted octanol–water partition coefficient (Wildman–Crippen LogP) is 5.88. The van der Waals surface area contributed by atoms with Crippen LogP contribution in [0, 0.1) is 5.92 Å². The fraction of sp³-hybridized carbons (Fsp3) is 0.583. The van der Waals surface area contributed by atoms with E-state index < -0.39 is 23.3 Å². The summed E-state index contributed by atoms with van der Waals surface area (Å²) in [6, 6.07) is 4.91. The zero-order valence-electron chi connectivity index (χ0n) is 19.1. The fourth-order valence-electron chi connectivity index (χ4n) is 3.85. The van der Waals surface area contributed by atoms with E-state index in [2.05, 4.69) is 4.98 Å². The second-order valence-corrected chi connectivity index (χ2v) is 8.91. The van der Waals surface area contributed by atoms with Crippen molar-refractivity contribution in [2.24, 2.45) is 5.92 Å². The zero-order chi connectivity index (χ0) is 24.2. The first-order valence-corrected chi connectivity index (χ1v) is 11.1. The summed E-state index contributed by atoms with van der Waals surface area (Å²) in [7, 11) is 0. The first kappa shape index (κ1) is 25.2. The van der Waals surface area contributed by atoms with Gasteiger partial charge >= 0.3 is 12.1 Å². The molecule has 0 bridgehead atoms. The molecule has 0 aliphatic heterocycles. The van der Waals surface area contributed by atoms with Crippen LogP contribution in [0.2, 0.25) is 0 Å². The van der Waals surface area contributed by atoms with Crippen molar-refractivity contribution < 1.29 is 37.0 Å². The van der Waals surface area contributed by atoms with Crippen LogP contribution < -0.4 is 0 Å². The number of nitrogens with zero attached hydrogens (tertiary/aromatic N) is 1. The molecule has 1 aromatic heterocycles. The van der Waals surface area contributed by atoms with Gasteiger partial charge in [-0.1, -0.05) is 19.4 Å². The number of aliphatic carboxylic acids is 1. The van der Waals surface area contributed by atoms with Crippen LogP contribution in [0.3, 0.4) is 0 Å². The monoisotopic (exact) mass is 469 g/mol. The van der Waals surface area contributed by atoms with E-state index in [-0.39, 0.29) is 30.1 Å². The fourth-order valence-corrected chi connectivity index (χ4v) is 3.85. The Labute approximate surface area is 191 Å². The Bertz CT molecular complexity index is 954. The van der Waals surface area contributed by atoms with Crippen molar-refractivity contribution in [2.45, 2.75) is 77.4 Å². The SMILES string of the molecule is CCc1oc(-c2cccc(C(F)(F)F)c2)nc1COC1CCC[C@@H](COC(C)(C)C(=O)O)C1. The maximum atomic E-state index is 13.0. The van der Waals surface area contributed by atoms with Crippen LogP contribution in [0.25, 0.3) is 11.5 Å². The molecule has 9 heteroatoms. The van der Waals surface area contributed by atoms with Crippen LogP contribution >= 0.6 is 0 Å². The Kier molecular flexibility index (Phi) is 7.84. The van der Waals surface area contributed by atoms with Crippen molar-refractivity contribution in [3.8, 4) is 11.5 Å². The van der Waals surface area contributed by atoms with E-state index in [9.17, 15) is 23.1 Å². The summed E-state index contributed by atoms with van der Waals surface area (Å²) in [5.41, 5.74) is -1.14. The summed E-state index contributed by atoms with van der Waals surface area (Å²) >= 11 is 0. The van der Waals surface area contributed by atoms with Gasteiger partial charge in [-0.3, -0.25) is 0 Å². The summed E-state index contributed by atoms with van der Waals surface area (Å²) in [6.07, 6.45) is -0.424. The van der Waals surface area contributed by atoms with Gasteiger partial charge in [-0.05, 0) is 57.2 Å². The Balaban J connectivity index is 1.62. The summed E-state index contributed by atoms with van der Waals surface area (Å²) in [5, 5.41) is 9.20. The van der Waals surface area contributed by atoms with Crippen LogP contribution in [0.5, 0.6) is 0 Å². The number of aryl methyl sites for hydroxylation is 1. The van der Waals surface area contributed by atoms with E-state index in [0.717, 1.165) is 37.8 Å². The van der Waals surface area contributed by atoms with Crippen molar-refractivity contribution in [1.82, 2.24) is 4.98 Å². The average Bonchev–Trinajstić information content (AvgIpc) is 3.19. The third-order valence-electron chi connectivity index (χ3n) is 5.92. The molecule has 1 heterocycles. The molecule has 0 radical (unpaired) electrons. The third-order valence-corrected chi connectivity index (χ3v) is 5.92. The minimum Gasteiger partial charge on any atom is -0.479 e. The number of oxazole rings is 1. The molecule has 6 nitrogen and oxygen atoms in total. The molecule has 1 aliphatic rings. The number of ether oxygens (including phenoxy) is 2. The van der Waals surface area contributed by atoms with Gasteiger partial charge < -0.3 is 19.0 Å². The van der Waals surface area contributed by atoms with Gasteiger partial charge in [0.2, 0.25) is 5.89 Å². The van der Waals surface area contributed by atoms with Crippen LogP contribution in [-0.4, -0.2) is 34.4 Å². The number of hydrogen-bond acceptors (Lipinski definition) is 5. The summed E-state index contributed by atoms with van der Waals surface area (Å²) in [5.74, 6) is -0.0736. The minimum atomic E-state index is -4.44. The standard InChI is InChI=1S/C24H30F3NO5/c1-4-20-19(28-21(33-20)16-8-6-9-17(12-16)24(25,26)27)14-31-18-10-5-7-15(11-18)13-32-23(2,3)22(29)30/h6,8-9,12,15,18H,4-5,7,10-11,13-14H2,1-3H3,(H,29,30)/t15-,18?/m1/s1. The van der Waals surface area contributed by atoms with Gasteiger partial charge in [-0.2, -0.15) is 13.2 Å². The van der Waals surface area contributed by atoms with Crippen LogP contribution in [0.15, 0.2) is 28.7 Å². The molecule has 1 aliphatic carbocycles. The normalized spacial score (nSPS) is 19.6. The smallest absolute Gasteiger partial charge is 0.416 e. The molecule has 1 unspecified atom stereocenters. The average molecular weight is 470 g/mol. The molecule has 1 N–H and O–H groups in total. The molecule has 2 atom stereocenters. The van der Waals surface area contributed by atoms with Gasteiger partial charge in [0, 0.05) is 12.0 Å². The Morgan fingerprint density at radius 1 is 1.27 bits per heavy atom. The molecule has 0 amide bonds. The Hall–Kier alpha value is -2.39. The van der Waals surface area contributed by atoms with Gasteiger partial charge in [0.1, 0.15) is 11.5 Å². The van der Waals surface area contributed by atoms with Crippen LogP contribution in [-0.2, 0) is 33.5 Å². The summed E-state index contributed by atoms with van der Waals surface area (Å²) < 4.78 is 56.5. The predicted molar refractivity (Wildman–Crippen MR) is 115 cm³/mol. The number of hydrogen-bond donors (Lipinski definition) is 1.